The van der Waals surface area contributed by atoms with Gasteiger partial charge in [-0.3, -0.25) is 4.79 Å². The molecule has 0 aromatic carbocycles. The highest BCUT2D eigenvalue weighted by Crippen LogP contribution is 2.43. The molecule has 0 aromatic rings. The maximum atomic E-state index is 10.8. The van der Waals surface area contributed by atoms with Crippen LogP contribution in [0.15, 0.2) is 0 Å². The molecule has 1 N–H and O–H groups in total. The van der Waals surface area contributed by atoms with Crippen LogP contribution in [0.3, 0.4) is 0 Å². The zero-order chi connectivity index (χ0) is 8.48. The summed E-state index contributed by atoms with van der Waals surface area (Å²) >= 11 is 5.67. The van der Waals surface area contributed by atoms with E-state index in [9.17, 15) is 4.79 Å². The van der Waals surface area contributed by atoms with Crippen molar-refractivity contribution in [1.29, 1.82) is 0 Å². The van der Waals surface area contributed by atoms with Crippen molar-refractivity contribution in [2.75, 3.05) is 5.88 Å². The lowest BCUT2D eigenvalue weighted by molar-refractivity contribution is -0.149. The minimum atomic E-state index is -0.694. The number of carboxylic acids is 1. The first-order valence-corrected chi connectivity index (χ1v) is 4.44. The number of hydrogen-bond donors (Lipinski definition) is 1. The molecule has 1 saturated carbocycles. The smallest absolute Gasteiger partial charge is 0.309 e. The Morgan fingerprint density at radius 3 is 2.82 bits per heavy atom. The number of carboxylic acid groups (broad SMARTS) is 1. The van der Waals surface area contributed by atoms with Gasteiger partial charge in [-0.15, -0.1) is 11.6 Å². The van der Waals surface area contributed by atoms with Crippen molar-refractivity contribution in [3.8, 4) is 0 Å². The predicted octanol–water partition coefficient (Wildman–Crippen LogP) is 2.12. The van der Waals surface area contributed by atoms with Crippen LogP contribution >= 0.6 is 11.6 Å². The first kappa shape index (κ1) is 8.85. The van der Waals surface area contributed by atoms with Crippen molar-refractivity contribution < 1.29 is 9.90 Å². The molecule has 0 aromatic heterocycles. The fraction of sp³-hybridized carbons (Fsp3) is 0.875. The Morgan fingerprint density at radius 2 is 2.45 bits per heavy atom. The van der Waals surface area contributed by atoms with E-state index in [1.807, 2.05) is 0 Å². The monoisotopic (exact) mass is 176 g/mol. The number of hydrogen-bond acceptors (Lipinski definition) is 1. The van der Waals surface area contributed by atoms with Crippen molar-refractivity contribution in [3.05, 3.63) is 0 Å². The largest absolute Gasteiger partial charge is 0.481 e. The second-order valence-electron chi connectivity index (χ2n) is 3.47. The Morgan fingerprint density at radius 1 is 1.82 bits per heavy atom. The van der Waals surface area contributed by atoms with Gasteiger partial charge in [0.25, 0.3) is 0 Å². The fourth-order valence-corrected chi connectivity index (χ4v) is 2.26. The minimum absolute atomic E-state index is 0.168. The van der Waals surface area contributed by atoms with E-state index in [0.29, 0.717) is 5.88 Å². The first-order valence-electron chi connectivity index (χ1n) is 3.90. The Bertz CT molecular complexity index is 169. The third-order valence-corrected chi connectivity index (χ3v) is 3.20. The molecule has 2 unspecified atom stereocenters. The van der Waals surface area contributed by atoms with Gasteiger partial charge in [0.05, 0.1) is 5.41 Å². The number of halogens is 1. The molecule has 0 saturated heterocycles. The minimum Gasteiger partial charge on any atom is -0.481 e. The van der Waals surface area contributed by atoms with Crippen molar-refractivity contribution in [3.63, 3.8) is 0 Å². The van der Waals surface area contributed by atoms with E-state index in [0.717, 1.165) is 19.3 Å². The number of aliphatic carboxylic acids is 1. The molecule has 2 atom stereocenters. The van der Waals surface area contributed by atoms with Gasteiger partial charge in [0.2, 0.25) is 0 Å². The molecular formula is C8H13ClO2. The molecular weight excluding hydrogens is 164 g/mol. The van der Waals surface area contributed by atoms with E-state index in [1.54, 1.807) is 6.92 Å². The molecule has 1 fully saturated rings. The molecule has 0 bridgehead atoms. The summed E-state index contributed by atoms with van der Waals surface area (Å²) in [5.74, 6) is -0.0506. The molecule has 0 heterocycles. The van der Waals surface area contributed by atoms with Crippen molar-refractivity contribution in [2.45, 2.75) is 26.2 Å². The van der Waals surface area contributed by atoms with Crippen LogP contribution in [0.25, 0.3) is 0 Å². The second-order valence-corrected chi connectivity index (χ2v) is 3.77. The summed E-state index contributed by atoms with van der Waals surface area (Å²) in [7, 11) is 0. The second kappa shape index (κ2) is 3.02. The zero-order valence-electron chi connectivity index (χ0n) is 6.64. The Kier molecular flexibility index (Phi) is 2.43. The first-order chi connectivity index (χ1) is 5.11. The van der Waals surface area contributed by atoms with Gasteiger partial charge < -0.3 is 5.11 Å². The maximum absolute atomic E-state index is 10.8. The van der Waals surface area contributed by atoms with Crippen molar-refractivity contribution in [1.82, 2.24) is 0 Å². The Labute approximate surface area is 71.5 Å². The highest BCUT2D eigenvalue weighted by Gasteiger charge is 2.44. The van der Waals surface area contributed by atoms with E-state index >= 15 is 0 Å². The molecule has 0 amide bonds. The summed E-state index contributed by atoms with van der Waals surface area (Å²) in [6, 6.07) is 0. The van der Waals surface area contributed by atoms with E-state index < -0.39 is 11.4 Å². The van der Waals surface area contributed by atoms with Gasteiger partial charge in [0, 0.05) is 5.88 Å². The summed E-state index contributed by atoms with van der Waals surface area (Å²) in [6.07, 6.45) is 2.74. The van der Waals surface area contributed by atoms with E-state index in [-0.39, 0.29) is 5.92 Å². The summed E-state index contributed by atoms with van der Waals surface area (Å²) < 4.78 is 0. The fourth-order valence-electron chi connectivity index (χ4n) is 1.77. The molecule has 11 heavy (non-hydrogen) atoms. The average molecular weight is 177 g/mol. The zero-order valence-corrected chi connectivity index (χ0v) is 7.40. The number of alkyl halides is 1. The quantitative estimate of drug-likeness (QED) is 0.655. The van der Waals surface area contributed by atoms with Gasteiger partial charge in [0.1, 0.15) is 0 Å². The van der Waals surface area contributed by atoms with Gasteiger partial charge in [-0.25, -0.2) is 0 Å². The maximum Gasteiger partial charge on any atom is 0.309 e. The van der Waals surface area contributed by atoms with Crippen LogP contribution in [0, 0.1) is 11.3 Å². The summed E-state index contributed by atoms with van der Waals surface area (Å²) in [4.78, 5) is 10.8. The van der Waals surface area contributed by atoms with Crippen LogP contribution in [0.1, 0.15) is 26.2 Å². The number of carbonyl (C=O) groups is 1. The van der Waals surface area contributed by atoms with Crippen LogP contribution in [-0.4, -0.2) is 17.0 Å². The predicted molar refractivity (Wildman–Crippen MR) is 43.8 cm³/mol. The standard InChI is InChI=1S/C8H13ClO2/c1-8(7(10)11)4-2-3-6(8)5-9/h6H,2-5H2,1H3,(H,10,11). The third-order valence-electron chi connectivity index (χ3n) is 2.82. The van der Waals surface area contributed by atoms with E-state index in [2.05, 4.69) is 0 Å². The molecule has 64 valence electrons. The Balaban J connectivity index is 2.75. The van der Waals surface area contributed by atoms with Crippen LogP contribution in [0.2, 0.25) is 0 Å². The highest BCUT2D eigenvalue weighted by atomic mass is 35.5. The lowest BCUT2D eigenvalue weighted by atomic mass is 9.81. The van der Waals surface area contributed by atoms with Gasteiger partial charge >= 0.3 is 5.97 Å². The lowest BCUT2D eigenvalue weighted by Crippen LogP contribution is -2.32. The molecule has 1 rings (SSSR count). The summed E-state index contributed by atoms with van der Waals surface area (Å²) in [5.41, 5.74) is -0.554. The van der Waals surface area contributed by atoms with Crippen molar-refractivity contribution >= 4 is 17.6 Å². The van der Waals surface area contributed by atoms with Crippen LogP contribution < -0.4 is 0 Å². The van der Waals surface area contributed by atoms with Crippen LogP contribution in [-0.2, 0) is 4.79 Å². The topological polar surface area (TPSA) is 37.3 Å². The molecule has 0 radical (unpaired) electrons. The lowest BCUT2D eigenvalue weighted by Gasteiger charge is -2.24. The van der Waals surface area contributed by atoms with Gasteiger partial charge in [-0.2, -0.15) is 0 Å². The third kappa shape index (κ3) is 1.36. The SMILES string of the molecule is CC1(C(=O)O)CCCC1CCl. The van der Waals surface area contributed by atoms with E-state index in [4.69, 9.17) is 16.7 Å². The van der Waals surface area contributed by atoms with E-state index in [1.165, 1.54) is 0 Å². The molecule has 3 heteroatoms. The number of rotatable bonds is 2. The summed E-state index contributed by atoms with van der Waals surface area (Å²) in [6.45, 7) is 1.80. The molecule has 1 aliphatic carbocycles. The van der Waals surface area contributed by atoms with Crippen molar-refractivity contribution in [2.24, 2.45) is 11.3 Å². The molecule has 2 nitrogen and oxygen atoms in total. The molecule has 1 aliphatic rings. The van der Waals surface area contributed by atoms with Gasteiger partial charge in [-0.05, 0) is 25.7 Å². The molecule has 0 spiro atoms. The van der Waals surface area contributed by atoms with Crippen LogP contribution in [0.4, 0.5) is 0 Å². The van der Waals surface area contributed by atoms with Gasteiger partial charge in [-0.1, -0.05) is 6.42 Å². The molecule has 0 aliphatic heterocycles. The normalized spacial score (nSPS) is 37.5. The summed E-state index contributed by atoms with van der Waals surface area (Å²) in [5, 5.41) is 8.92. The highest BCUT2D eigenvalue weighted by molar-refractivity contribution is 6.18. The van der Waals surface area contributed by atoms with Gasteiger partial charge in [0.15, 0.2) is 0 Å². The average Bonchev–Trinajstić information content (AvgIpc) is 2.32. The Hall–Kier alpha value is -0.240. The van der Waals surface area contributed by atoms with Crippen LogP contribution in [0.5, 0.6) is 0 Å².